The topological polar surface area (TPSA) is 42.4 Å². The van der Waals surface area contributed by atoms with Gasteiger partial charge in [0.2, 0.25) is 11.9 Å². The smallest absolute Gasteiger partial charge is 0.248 e. The molecule has 27 heavy (non-hydrogen) atoms. The molecule has 2 rings (SSSR count). The normalized spacial score (nSPS) is 19.1. The summed E-state index contributed by atoms with van der Waals surface area (Å²) < 4.78 is 13.1. The Kier molecular flexibility index (Phi) is 5.94. The van der Waals surface area contributed by atoms with Gasteiger partial charge in [0.15, 0.2) is 0 Å². The third-order valence-electron chi connectivity index (χ3n) is 4.51. The van der Waals surface area contributed by atoms with Gasteiger partial charge in [0.05, 0.1) is 83.3 Å². The van der Waals surface area contributed by atoms with Gasteiger partial charge in [0.1, 0.15) is 0 Å². The van der Waals surface area contributed by atoms with Gasteiger partial charge in [-0.05, 0) is 11.6 Å². The zero-order valence-corrected chi connectivity index (χ0v) is 14.5. The monoisotopic (exact) mass is 342 g/mol. The molecule has 1 aliphatic rings. The Balaban J connectivity index is 2.59. The first-order chi connectivity index (χ1) is 12.1. The SMILES string of the molecule is [B]C([B])([B])C(C(=O)N1OCC[C@H]1c1ccc(F)nc1)(C([B])([B])[B])C([B])([B])[B]. The maximum atomic E-state index is 13.4. The molecule has 1 amide bonds. The highest BCUT2D eigenvalue weighted by Crippen LogP contribution is 2.63. The molecule has 2 heterocycles. The Morgan fingerprint density at radius 1 is 1.04 bits per heavy atom. The third-order valence-corrected chi connectivity index (χ3v) is 4.51. The number of carbonyl (C=O) groups excluding carboxylic acids is 1. The lowest BCUT2D eigenvalue weighted by molar-refractivity contribution is -0.188. The van der Waals surface area contributed by atoms with Crippen LogP contribution in [-0.2, 0) is 9.63 Å². The molecule has 1 fully saturated rings. The van der Waals surface area contributed by atoms with Crippen molar-refractivity contribution >= 4 is 76.5 Å². The number of hydroxylamine groups is 2. The first-order valence-corrected chi connectivity index (χ1v) is 7.82. The lowest BCUT2D eigenvalue weighted by Gasteiger charge is -2.64. The van der Waals surface area contributed by atoms with E-state index >= 15 is 0 Å². The highest BCUT2D eigenvalue weighted by molar-refractivity contribution is 6.71. The number of pyridine rings is 1. The van der Waals surface area contributed by atoms with E-state index in [2.05, 4.69) is 4.98 Å². The summed E-state index contributed by atoms with van der Waals surface area (Å²) in [7, 11) is 51.9. The molecule has 1 atom stereocenters. The molecule has 1 aliphatic heterocycles. The van der Waals surface area contributed by atoms with Crippen molar-refractivity contribution in [2.75, 3.05) is 6.61 Å². The summed E-state index contributed by atoms with van der Waals surface area (Å²) in [5, 5.41) is -6.85. The van der Waals surface area contributed by atoms with Crippen LogP contribution in [0.1, 0.15) is 18.0 Å². The van der Waals surface area contributed by atoms with Crippen molar-refractivity contribution in [2.45, 2.75) is 27.8 Å². The van der Waals surface area contributed by atoms with Gasteiger partial charge in [-0.3, -0.25) is 9.63 Å². The van der Waals surface area contributed by atoms with E-state index in [1.807, 2.05) is 0 Å². The fourth-order valence-electron chi connectivity index (χ4n) is 3.40. The van der Waals surface area contributed by atoms with Gasteiger partial charge >= 0.3 is 0 Å². The van der Waals surface area contributed by atoms with Crippen molar-refractivity contribution < 1.29 is 14.0 Å². The van der Waals surface area contributed by atoms with Crippen molar-refractivity contribution in [1.29, 1.82) is 0 Å². The molecule has 0 unspecified atom stereocenters. The molecular weight excluding hydrogens is 332 g/mol. The molecule has 0 N–H and O–H groups in total. The molecule has 4 nitrogen and oxygen atoms in total. The number of carbonyl (C=O) groups is 1. The van der Waals surface area contributed by atoms with Gasteiger partial charge in [-0.2, -0.15) is 4.39 Å². The summed E-state index contributed by atoms with van der Waals surface area (Å²) in [6, 6.07) is 1.77. The maximum absolute atomic E-state index is 13.4. The van der Waals surface area contributed by atoms with Gasteiger partial charge < -0.3 is 0 Å². The second kappa shape index (κ2) is 7.16. The molecule has 116 valence electrons. The number of hydrogen-bond acceptors (Lipinski definition) is 3. The van der Waals surface area contributed by atoms with E-state index in [1.165, 1.54) is 12.3 Å². The average molecular weight is 341 g/mol. The van der Waals surface area contributed by atoms with Crippen molar-refractivity contribution in [2.24, 2.45) is 5.41 Å². The van der Waals surface area contributed by atoms with Crippen LogP contribution in [0.3, 0.4) is 0 Å². The van der Waals surface area contributed by atoms with Gasteiger partial charge in [0.25, 0.3) is 0 Å². The van der Waals surface area contributed by atoms with Crippen LogP contribution in [0, 0.1) is 11.4 Å². The second-order valence-corrected chi connectivity index (χ2v) is 6.73. The summed E-state index contributed by atoms with van der Waals surface area (Å²) in [6.45, 7) is 0.0933. The van der Waals surface area contributed by atoms with E-state index in [0.717, 1.165) is 11.1 Å². The average Bonchev–Trinajstić information content (AvgIpc) is 2.93. The molecule has 18 radical (unpaired) electrons. The highest BCUT2D eigenvalue weighted by Gasteiger charge is 2.61. The van der Waals surface area contributed by atoms with Gasteiger partial charge in [-0.25, -0.2) is 10.0 Å². The van der Waals surface area contributed by atoms with Crippen LogP contribution in [0.15, 0.2) is 18.3 Å². The molecule has 0 aliphatic carbocycles. The van der Waals surface area contributed by atoms with E-state index in [-0.39, 0.29) is 6.61 Å². The standard InChI is InChI=1S/C13H8B9FN2O2/c14-11(15,16)10(12(17,18)19,13(20,21)22)9(26)25-7(3-4-27-25)6-1-2-8(23)24-5-6/h1-2,5,7H,3-4H2/t7-/m0/s1. The Labute approximate surface area is 170 Å². The maximum Gasteiger partial charge on any atom is 0.248 e. The quantitative estimate of drug-likeness (QED) is 0.467. The summed E-state index contributed by atoms with van der Waals surface area (Å²) in [5.41, 5.74) is -2.26. The fraction of sp³-hybridized carbons (Fsp3) is 0.538. The van der Waals surface area contributed by atoms with Gasteiger partial charge in [0, 0.05) is 18.0 Å². The van der Waals surface area contributed by atoms with Crippen molar-refractivity contribution in [3.63, 3.8) is 0 Å². The van der Waals surface area contributed by atoms with Gasteiger partial charge in [-0.15, -0.1) is 15.3 Å². The minimum absolute atomic E-state index is 0.0933. The van der Waals surface area contributed by atoms with E-state index in [9.17, 15) is 9.18 Å². The van der Waals surface area contributed by atoms with Gasteiger partial charge in [-0.1, -0.05) is 6.07 Å². The Morgan fingerprint density at radius 3 is 1.96 bits per heavy atom. The molecule has 14 heteroatoms. The second-order valence-electron chi connectivity index (χ2n) is 6.73. The van der Waals surface area contributed by atoms with Crippen LogP contribution in [0.2, 0.25) is 15.3 Å². The molecule has 1 aromatic rings. The summed E-state index contributed by atoms with van der Waals surface area (Å²) in [6.07, 6.45) is 1.53. The number of aromatic nitrogens is 1. The van der Waals surface area contributed by atoms with E-state index < -0.39 is 38.7 Å². The minimum atomic E-state index is -2.69. The van der Waals surface area contributed by atoms with Crippen molar-refractivity contribution in [3.8, 4) is 0 Å². The van der Waals surface area contributed by atoms with Crippen molar-refractivity contribution in [3.05, 3.63) is 29.8 Å². The first kappa shape index (κ1) is 22.4. The zero-order chi connectivity index (χ0) is 20.8. The highest BCUT2D eigenvalue weighted by atomic mass is 19.1. The van der Waals surface area contributed by atoms with Crippen molar-refractivity contribution in [1.82, 2.24) is 10.0 Å². The molecule has 1 aromatic heterocycles. The zero-order valence-electron chi connectivity index (χ0n) is 14.5. The fourth-order valence-corrected chi connectivity index (χ4v) is 3.40. The van der Waals surface area contributed by atoms with Crippen LogP contribution in [-0.4, -0.2) is 93.2 Å². The molecular formula is C13H8B9FN2O2. The third kappa shape index (κ3) is 3.71. The molecule has 0 spiro atoms. The largest absolute Gasteiger partial charge is 0.272 e. The minimum Gasteiger partial charge on any atom is -0.272 e. The Bertz CT molecular complexity index is 664. The molecule has 0 saturated carbocycles. The summed E-state index contributed by atoms with van der Waals surface area (Å²) >= 11 is 0. The molecule has 1 saturated heterocycles. The first-order valence-electron chi connectivity index (χ1n) is 7.82. The van der Waals surface area contributed by atoms with E-state index in [4.69, 9.17) is 75.5 Å². The number of nitrogens with zero attached hydrogens (tertiary/aromatic N) is 2. The van der Waals surface area contributed by atoms with Crippen LogP contribution in [0.5, 0.6) is 0 Å². The Morgan fingerprint density at radius 2 is 1.56 bits per heavy atom. The number of amides is 1. The van der Waals surface area contributed by atoms with Crippen LogP contribution < -0.4 is 0 Å². The lowest BCUT2D eigenvalue weighted by atomic mass is 9.09. The van der Waals surface area contributed by atoms with Crippen LogP contribution >= 0.6 is 0 Å². The van der Waals surface area contributed by atoms with Crippen LogP contribution in [0.4, 0.5) is 4.39 Å². The lowest BCUT2D eigenvalue weighted by Crippen LogP contribution is -2.64. The van der Waals surface area contributed by atoms with E-state index in [0.29, 0.717) is 12.0 Å². The van der Waals surface area contributed by atoms with E-state index in [1.54, 1.807) is 0 Å². The summed E-state index contributed by atoms with van der Waals surface area (Å²) in [5.74, 6) is -1.84. The predicted octanol–water partition coefficient (Wildman–Crippen LogP) is -1.85. The number of rotatable bonds is 5. The molecule has 0 bridgehead atoms. The number of halogens is 1. The van der Waals surface area contributed by atoms with Crippen LogP contribution in [0.25, 0.3) is 0 Å². The predicted molar refractivity (Wildman–Crippen MR) is 107 cm³/mol. The molecule has 0 aromatic carbocycles. The Hall–Kier alpha value is -0.906. The summed E-state index contributed by atoms with van der Waals surface area (Å²) in [4.78, 5) is 22.4. The number of hydrogen-bond donors (Lipinski definition) is 0.